The Kier molecular flexibility index (Phi) is 12.2. The Balaban J connectivity index is 3.50. The van der Waals surface area contributed by atoms with Crippen molar-refractivity contribution in [3.8, 4) is 0 Å². The molecule has 0 spiro atoms. The van der Waals surface area contributed by atoms with Crippen LogP contribution in [-0.4, -0.2) is 30.4 Å². The van der Waals surface area contributed by atoms with Crippen LogP contribution >= 0.6 is 0 Å². The normalized spacial score (nSPS) is 13.0. The van der Waals surface area contributed by atoms with Gasteiger partial charge in [0.25, 0.3) is 0 Å². The largest absolute Gasteiger partial charge is 0.494 e. The van der Waals surface area contributed by atoms with Gasteiger partial charge in [-0.15, -0.1) is 0 Å². The van der Waals surface area contributed by atoms with Gasteiger partial charge in [-0.25, -0.2) is 4.79 Å². The molecule has 22 heavy (non-hydrogen) atoms. The predicted octanol–water partition coefficient (Wildman–Crippen LogP) is 3.77. The van der Waals surface area contributed by atoms with Crippen molar-refractivity contribution < 1.29 is 19.4 Å². The van der Waals surface area contributed by atoms with Gasteiger partial charge in [-0.05, 0) is 24.8 Å². The lowest BCUT2D eigenvalue weighted by molar-refractivity contribution is -0.138. The molecule has 0 radical (unpaired) electrons. The Morgan fingerprint density at radius 2 is 1.68 bits per heavy atom. The van der Waals surface area contributed by atoms with Crippen molar-refractivity contribution in [3.05, 3.63) is 37.6 Å². The Morgan fingerprint density at radius 3 is 2.32 bits per heavy atom. The van der Waals surface area contributed by atoms with E-state index in [1.54, 1.807) is 6.08 Å². The molecule has 0 saturated carbocycles. The number of rotatable bonds is 14. The summed E-state index contributed by atoms with van der Waals surface area (Å²) < 4.78 is 10.2. The second kappa shape index (κ2) is 13.1. The third kappa shape index (κ3) is 12.2. The highest BCUT2D eigenvalue weighted by atomic mass is 16.5. The molecule has 0 bridgehead atoms. The number of unbranched alkanes of at least 4 members (excludes halogenated alkanes) is 1. The number of carbonyl (C=O) groups excluding carboxylic acids is 1. The molecule has 0 aromatic rings. The van der Waals surface area contributed by atoms with E-state index in [0.717, 1.165) is 32.1 Å². The van der Waals surface area contributed by atoms with E-state index >= 15 is 0 Å². The van der Waals surface area contributed by atoms with E-state index in [0.29, 0.717) is 31.3 Å². The molecule has 0 heterocycles. The summed E-state index contributed by atoms with van der Waals surface area (Å²) in [4.78, 5) is 10.9. The summed E-state index contributed by atoms with van der Waals surface area (Å²) in [5.41, 5.74) is 0. The zero-order valence-corrected chi connectivity index (χ0v) is 13.8. The van der Waals surface area contributed by atoms with Crippen LogP contribution in [0.15, 0.2) is 37.6 Å². The Labute approximate surface area is 134 Å². The van der Waals surface area contributed by atoms with Crippen molar-refractivity contribution in [2.45, 2.75) is 51.6 Å². The number of allylic oxidation sites excluding steroid dienone is 1. The second-order valence-electron chi connectivity index (χ2n) is 5.51. The Hall–Kier alpha value is -1.55. The number of carbonyl (C=O) groups is 1. The van der Waals surface area contributed by atoms with Crippen molar-refractivity contribution in [3.63, 3.8) is 0 Å². The summed E-state index contributed by atoms with van der Waals surface area (Å²) >= 11 is 0. The molecule has 0 fully saturated rings. The summed E-state index contributed by atoms with van der Waals surface area (Å²) in [6, 6.07) is 0. The van der Waals surface area contributed by atoms with Crippen LogP contribution in [0.5, 0.6) is 0 Å². The van der Waals surface area contributed by atoms with Crippen LogP contribution in [-0.2, 0) is 14.3 Å². The third-order valence-corrected chi connectivity index (χ3v) is 3.47. The Bertz CT molecular complexity index is 315. The van der Waals surface area contributed by atoms with E-state index in [2.05, 4.69) is 26.7 Å². The van der Waals surface area contributed by atoms with E-state index in [-0.39, 0.29) is 12.1 Å². The first-order valence-electron chi connectivity index (χ1n) is 7.91. The van der Waals surface area contributed by atoms with E-state index in [1.807, 2.05) is 0 Å². The van der Waals surface area contributed by atoms with E-state index in [1.165, 1.54) is 6.08 Å². The van der Waals surface area contributed by atoms with Crippen LogP contribution in [0.1, 0.15) is 45.4 Å². The lowest BCUT2D eigenvalue weighted by Crippen LogP contribution is -2.10. The lowest BCUT2D eigenvalue weighted by Gasteiger charge is -2.13. The summed E-state index contributed by atoms with van der Waals surface area (Å²) in [5.74, 6) is 0.684. The minimum absolute atomic E-state index is 0.332. The number of aliphatic hydroxyl groups excluding tert-OH is 1. The first-order valence-corrected chi connectivity index (χ1v) is 7.91. The summed E-state index contributed by atoms with van der Waals surface area (Å²) in [6.45, 7) is 13.6. The lowest BCUT2D eigenvalue weighted by atomic mass is 9.99. The van der Waals surface area contributed by atoms with Gasteiger partial charge < -0.3 is 14.6 Å². The van der Waals surface area contributed by atoms with Crippen LogP contribution in [0.2, 0.25) is 0 Å². The fourth-order valence-electron chi connectivity index (χ4n) is 1.97. The van der Waals surface area contributed by atoms with Gasteiger partial charge in [0.15, 0.2) is 0 Å². The van der Waals surface area contributed by atoms with Crippen LogP contribution < -0.4 is 0 Å². The number of ether oxygens (including phenoxy) is 2. The maximum absolute atomic E-state index is 10.9. The van der Waals surface area contributed by atoms with Crippen molar-refractivity contribution in [1.82, 2.24) is 0 Å². The van der Waals surface area contributed by atoms with Gasteiger partial charge in [-0.2, -0.15) is 0 Å². The molecule has 0 aromatic heterocycles. The first kappa shape index (κ1) is 20.5. The van der Waals surface area contributed by atoms with Gasteiger partial charge in [0.05, 0.1) is 19.3 Å². The van der Waals surface area contributed by atoms with Crippen LogP contribution in [0.3, 0.4) is 0 Å². The highest BCUT2D eigenvalue weighted by molar-refractivity contribution is 5.81. The monoisotopic (exact) mass is 310 g/mol. The van der Waals surface area contributed by atoms with E-state index in [9.17, 15) is 9.90 Å². The van der Waals surface area contributed by atoms with Crippen molar-refractivity contribution in [2.75, 3.05) is 13.2 Å². The molecule has 126 valence electrons. The highest BCUT2D eigenvalue weighted by Crippen LogP contribution is 2.15. The molecule has 2 unspecified atom stereocenters. The van der Waals surface area contributed by atoms with Crippen molar-refractivity contribution in [1.29, 1.82) is 0 Å². The van der Waals surface area contributed by atoms with Crippen molar-refractivity contribution in [2.24, 2.45) is 5.92 Å². The van der Waals surface area contributed by atoms with Gasteiger partial charge in [0, 0.05) is 12.5 Å². The maximum Gasteiger partial charge on any atom is 0.330 e. The van der Waals surface area contributed by atoms with Crippen LogP contribution in [0.25, 0.3) is 0 Å². The molecular formula is C18H30O4. The smallest absolute Gasteiger partial charge is 0.330 e. The molecule has 0 aliphatic heterocycles. The topological polar surface area (TPSA) is 55.8 Å². The molecule has 0 amide bonds. The van der Waals surface area contributed by atoms with Crippen LogP contribution in [0, 0.1) is 5.92 Å². The molecule has 4 heteroatoms. The summed E-state index contributed by atoms with van der Waals surface area (Å²) in [5, 5.41) is 9.83. The number of hydrogen-bond donors (Lipinski definition) is 1. The quantitative estimate of drug-likeness (QED) is 0.174. The summed E-state index contributed by atoms with van der Waals surface area (Å²) in [7, 11) is 0. The van der Waals surface area contributed by atoms with Crippen molar-refractivity contribution >= 4 is 5.97 Å². The summed E-state index contributed by atoms with van der Waals surface area (Å²) in [6.07, 6.45) is 7.78. The Morgan fingerprint density at radius 1 is 1.05 bits per heavy atom. The molecule has 0 aliphatic rings. The zero-order chi connectivity index (χ0) is 16.8. The molecule has 4 nitrogen and oxygen atoms in total. The minimum atomic E-state index is -0.364. The number of hydrogen-bond acceptors (Lipinski definition) is 4. The van der Waals surface area contributed by atoms with E-state index in [4.69, 9.17) is 9.47 Å². The van der Waals surface area contributed by atoms with Gasteiger partial charge in [0.2, 0.25) is 0 Å². The molecule has 0 aromatic carbocycles. The first-order chi connectivity index (χ1) is 10.5. The fraction of sp³-hybridized carbons (Fsp3) is 0.611. The average Bonchev–Trinajstić information content (AvgIpc) is 2.51. The zero-order valence-electron chi connectivity index (χ0n) is 13.8. The minimum Gasteiger partial charge on any atom is -0.494 e. The van der Waals surface area contributed by atoms with Gasteiger partial charge in [0.1, 0.15) is 5.76 Å². The molecule has 2 atom stereocenters. The average molecular weight is 310 g/mol. The number of aliphatic hydroxyl groups is 1. The molecule has 1 N–H and O–H groups in total. The third-order valence-electron chi connectivity index (χ3n) is 3.47. The standard InChI is InChI=1S/C18H30O4/c1-5-16(4)21-14-12-17(19)10-8-7-9-15(3)11-13-22-18(20)6-2/h5-6,15,17,19H,1-2,4,7-14H2,3H3. The fourth-order valence-corrected chi connectivity index (χ4v) is 1.97. The molecule has 0 aliphatic carbocycles. The van der Waals surface area contributed by atoms with Gasteiger partial charge >= 0.3 is 5.97 Å². The molecular weight excluding hydrogens is 280 g/mol. The maximum atomic E-state index is 10.9. The molecule has 0 rings (SSSR count). The van der Waals surface area contributed by atoms with Gasteiger partial charge in [-0.1, -0.05) is 45.9 Å². The predicted molar refractivity (Wildman–Crippen MR) is 89.3 cm³/mol. The highest BCUT2D eigenvalue weighted by Gasteiger charge is 2.07. The van der Waals surface area contributed by atoms with E-state index < -0.39 is 0 Å². The number of esters is 1. The SMILES string of the molecule is C=CC(=C)OCCC(O)CCCCC(C)CCOC(=O)C=C. The second-order valence-corrected chi connectivity index (χ2v) is 5.51. The molecule has 0 saturated heterocycles. The van der Waals surface area contributed by atoms with Crippen LogP contribution in [0.4, 0.5) is 0 Å². The van der Waals surface area contributed by atoms with Gasteiger partial charge in [-0.3, -0.25) is 0 Å².